The highest BCUT2D eigenvalue weighted by Gasteiger charge is 2.65. The topological polar surface area (TPSA) is 111 Å². The molecule has 4 bridgehead atoms. The lowest BCUT2D eigenvalue weighted by molar-refractivity contribution is -0.174. The lowest BCUT2D eigenvalue weighted by atomic mass is 9.44. The number of fused-ring (bicyclic) bond motifs is 1. The maximum atomic E-state index is 13.7. The molecule has 2 heterocycles. The molecule has 7 aliphatic rings. The van der Waals surface area contributed by atoms with E-state index < -0.39 is 18.1 Å². The van der Waals surface area contributed by atoms with Crippen LogP contribution < -0.4 is 5.73 Å². The van der Waals surface area contributed by atoms with Gasteiger partial charge in [-0.15, -0.1) is 0 Å². The van der Waals surface area contributed by atoms with Gasteiger partial charge >= 0.3 is 5.97 Å². The fourth-order valence-corrected chi connectivity index (χ4v) is 9.23. The Morgan fingerprint density at radius 3 is 2.50 bits per heavy atom. The third-order valence-corrected chi connectivity index (χ3v) is 10.2. The highest BCUT2D eigenvalue weighted by molar-refractivity contribution is 5.84. The third-order valence-electron chi connectivity index (χ3n) is 10.2. The van der Waals surface area contributed by atoms with Crippen LogP contribution in [-0.2, 0) is 9.59 Å². The fraction of sp³-hybridized carbons (Fsp3) is 0.880. The summed E-state index contributed by atoms with van der Waals surface area (Å²) in [4.78, 5) is 30.2. The Labute approximate surface area is 190 Å². The number of carboxylic acid groups (broad SMARTS) is 1. The smallest absolute Gasteiger partial charge is 0.320 e. The molecule has 2 saturated heterocycles. The summed E-state index contributed by atoms with van der Waals surface area (Å²) >= 11 is 0. The number of carbonyl (C=O) groups excluding carboxylic acids is 1. The van der Waals surface area contributed by atoms with E-state index >= 15 is 0 Å². The first-order valence-corrected chi connectivity index (χ1v) is 12.8. The zero-order valence-corrected chi connectivity index (χ0v) is 18.9. The number of likely N-dealkylation sites (tertiary alicyclic amines) is 2. The van der Waals surface area contributed by atoms with Gasteiger partial charge in [-0.1, -0.05) is 12.8 Å². The molecule has 0 aromatic heterocycles. The summed E-state index contributed by atoms with van der Waals surface area (Å²) in [6.07, 6.45) is 11.8. The number of carboxylic acids is 1. The predicted octanol–water partition coefficient (Wildman–Crippen LogP) is 2.49. The van der Waals surface area contributed by atoms with E-state index in [4.69, 9.17) is 5.73 Å². The molecule has 5 saturated carbocycles. The van der Waals surface area contributed by atoms with Gasteiger partial charge in [0, 0.05) is 11.6 Å². The van der Waals surface area contributed by atoms with Gasteiger partial charge in [0.15, 0.2) is 0 Å². The van der Waals surface area contributed by atoms with E-state index in [-0.39, 0.29) is 28.9 Å². The van der Waals surface area contributed by atoms with Gasteiger partial charge in [-0.25, -0.2) is 0 Å². The van der Waals surface area contributed by atoms with Crippen molar-refractivity contribution in [3.63, 3.8) is 0 Å². The minimum Gasteiger partial charge on any atom is -0.480 e. The van der Waals surface area contributed by atoms with Gasteiger partial charge < -0.3 is 15.7 Å². The van der Waals surface area contributed by atoms with E-state index in [9.17, 15) is 20.0 Å². The Morgan fingerprint density at radius 2 is 1.81 bits per heavy atom. The van der Waals surface area contributed by atoms with Crippen LogP contribution in [0, 0.1) is 34.5 Å². The van der Waals surface area contributed by atoms with Crippen LogP contribution in [0.25, 0.3) is 0 Å². The van der Waals surface area contributed by atoms with Crippen molar-refractivity contribution in [2.45, 2.75) is 107 Å². The minimum absolute atomic E-state index is 0.00991. The molecule has 0 radical (unpaired) electrons. The predicted molar refractivity (Wildman–Crippen MR) is 117 cm³/mol. The standard InChI is InChI=1S/C25H36N4O3/c26-13-18-7-17-8-20(17)29(18)22(30)21(27)24-9-15-6-16(10-24)12-25(11-15,14-24)28-5-3-1-2-4-19(28)23(31)32/h15-21H,1-12,14,27H2,(H,31,32)/t15-,16?,17?,18-,19?,20?,21+,24?,25?/m0/s1. The van der Waals surface area contributed by atoms with Crippen LogP contribution in [0.4, 0.5) is 0 Å². The average molecular weight is 441 g/mol. The van der Waals surface area contributed by atoms with E-state index in [0.29, 0.717) is 17.8 Å². The van der Waals surface area contributed by atoms with Gasteiger partial charge in [0.05, 0.1) is 12.1 Å². The minimum atomic E-state index is -0.689. The van der Waals surface area contributed by atoms with Gasteiger partial charge in [-0.05, 0) is 93.9 Å². The van der Waals surface area contributed by atoms with Gasteiger partial charge in [0.1, 0.15) is 12.1 Å². The van der Waals surface area contributed by atoms with Crippen molar-refractivity contribution in [2.75, 3.05) is 6.54 Å². The van der Waals surface area contributed by atoms with Crippen molar-refractivity contribution in [1.82, 2.24) is 9.80 Å². The Morgan fingerprint density at radius 1 is 1.06 bits per heavy atom. The first-order valence-electron chi connectivity index (χ1n) is 12.8. The summed E-state index contributed by atoms with van der Waals surface area (Å²) in [6.45, 7) is 0.849. The van der Waals surface area contributed by atoms with Crippen LogP contribution in [-0.4, -0.2) is 63.0 Å². The monoisotopic (exact) mass is 440 g/mol. The first-order chi connectivity index (χ1) is 15.4. The van der Waals surface area contributed by atoms with Crippen molar-refractivity contribution in [3.05, 3.63) is 0 Å². The molecule has 6 unspecified atom stereocenters. The summed E-state index contributed by atoms with van der Waals surface area (Å²) in [6, 6.07) is 1.27. The molecule has 32 heavy (non-hydrogen) atoms. The second-order valence-corrected chi connectivity index (χ2v) is 12.1. The normalized spacial score (nSPS) is 48.1. The van der Waals surface area contributed by atoms with E-state index in [1.165, 1.54) is 6.42 Å². The van der Waals surface area contributed by atoms with Crippen LogP contribution in [0.1, 0.15) is 77.0 Å². The second-order valence-electron chi connectivity index (χ2n) is 12.1. The molecule has 7 heteroatoms. The Bertz CT molecular complexity index is 854. The second kappa shape index (κ2) is 7.17. The van der Waals surface area contributed by atoms with Crippen LogP contribution in [0.15, 0.2) is 0 Å². The zero-order valence-electron chi connectivity index (χ0n) is 18.9. The Hall–Kier alpha value is -1.65. The van der Waals surface area contributed by atoms with E-state index in [0.717, 1.165) is 77.2 Å². The van der Waals surface area contributed by atoms with Crippen molar-refractivity contribution in [2.24, 2.45) is 28.9 Å². The summed E-state index contributed by atoms with van der Waals surface area (Å²) in [5.74, 6) is 0.862. The SMILES string of the molecule is N#C[C@@H]1CC2CC2N1C(=O)[C@@H](N)C12CC3C[C@@H](C1)CC(N1CCCCCC1C(=O)O)(C3)C2. The lowest BCUT2D eigenvalue weighted by Gasteiger charge is -2.66. The van der Waals surface area contributed by atoms with Crippen LogP contribution in [0.2, 0.25) is 0 Å². The molecule has 0 aromatic rings. The van der Waals surface area contributed by atoms with Gasteiger partial charge in [-0.3, -0.25) is 14.5 Å². The highest BCUT2D eigenvalue weighted by Crippen LogP contribution is 2.65. The first kappa shape index (κ1) is 20.9. The number of nitrogens with zero attached hydrogens (tertiary/aromatic N) is 3. The molecule has 0 spiro atoms. The quantitative estimate of drug-likeness (QED) is 0.695. The van der Waals surface area contributed by atoms with Crippen LogP contribution in [0.3, 0.4) is 0 Å². The van der Waals surface area contributed by atoms with Crippen molar-refractivity contribution in [3.8, 4) is 6.07 Å². The average Bonchev–Trinajstić information content (AvgIpc) is 3.48. The van der Waals surface area contributed by atoms with Crippen molar-refractivity contribution < 1.29 is 14.7 Å². The Kier molecular flexibility index (Phi) is 4.69. The molecular formula is C25H36N4O3. The molecule has 3 N–H and O–H groups in total. The molecule has 174 valence electrons. The van der Waals surface area contributed by atoms with E-state index in [1.54, 1.807) is 0 Å². The number of aliphatic carboxylic acids is 1. The molecule has 1 amide bonds. The highest BCUT2D eigenvalue weighted by atomic mass is 16.4. The molecule has 9 atom stereocenters. The Balaban J connectivity index is 1.31. The van der Waals surface area contributed by atoms with Crippen molar-refractivity contribution in [1.29, 1.82) is 5.26 Å². The number of carbonyl (C=O) groups is 2. The van der Waals surface area contributed by atoms with E-state index in [1.807, 2.05) is 4.90 Å². The summed E-state index contributed by atoms with van der Waals surface area (Å²) < 4.78 is 0. The van der Waals surface area contributed by atoms with Gasteiger partial charge in [0.2, 0.25) is 5.91 Å². The molecule has 2 aliphatic heterocycles. The largest absolute Gasteiger partial charge is 0.480 e. The van der Waals surface area contributed by atoms with Gasteiger partial charge in [-0.2, -0.15) is 5.26 Å². The molecule has 7 rings (SSSR count). The number of piperidine rings is 1. The van der Waals surface area contributed by atoms with Crippen molar-refractivity contribution >= 4 is 11.9 Å². The number of rotatable bonds is 4. The zero-order chi connectivity index (χ0) is 22.3. The number of nitrogens with two attached hydrogens (primary N) is 1. The molecule has 7 fully saturated rings. The van der Waals surface area contributed by atoms with Crippen LogP contribution in [0.5, 0.6) is 0 Å². The molecule has 7 nitrogen and oxygen atoms in total. The molecule has 0 aromatic carbocycles. The number of hydrogen-bond donors (Lipinski definition) is 2. The maximum absolute atomic E-state index is 13.7. The number of amides is 1. The fourth-order valence-electron chi connectivity index (χ4n) is 9.23. The number of hydrogen-bond acceptors (Lipinski definition) is 5. The van der Waals surface area contributed by atoms with E-state index in [2.05, 4.69) is 11.0 Å². The maximum Gasteiger partial charge on any atom is 0.320 e. The van der Waals surface area contributed by atoms with Crippen LogP contribution >= 0.6 is 0 Å². The number of nitriles is 1. The summed E-state index contributed by atoms with van der Waals surface area (Å²) in [5, 5.41) is 19.7. The third kappa shape index (κ3) is 2.98. The molecular weight excluding hydrogens is 404 g/mol. The molecule has 5 aliphatic carbocycles. The summed E-state index contributed by atoms with van der Waals surface area (Å²) in [5.41, 5.74) is 6.50. The van der Waals surface area contributed by atoms with Gasteiger partial charge in [0.25, 0.3) is 0 Å². The lowest BCUT2D eigenvalue weighted by Crippen LogP contribution is -2.70. The summed E-state index contributed by atoms with van der Waals surface area (Å²) in [7, 11) is 0.